The Labute approximate surface area is 127 Å². The summed E-state index contributed by atoms with van der Waals surface area (Å²) < 4.78 is 32.1. The van der Waals surface area contributed by atoms with E-state index in [2.05, 4.69) is 5.32 Å². The topological polar surface area (TPSA) is 84.6 Å². The SMILES string of the molecule is CC(C)(C)OC(=O)Nc1ccc(C2(CN)CC2(F)F)cc1O. The number of rotatable bonds is 3. The van der Waals surface area contributed by atoms with Crippen molar-refractivity contribution in [2.45, 2.75) is 44.1 Å². The molecule has 7 heteroatoms. The summed E-state index contributed by atoms with van der Waals surface area (Å²) in [5.74, 6) is -3.17. The first kappa shape index (κ1) is 16.5. The Balaban J connectivity index is 2.16. The number of phenols is 1. The lowest BCUT2D eigenvalue weighted by Crippen LogP contribution is -2.28. The number of carbonyl (C=O) groups is 1. The molecule has 1 saturated carbocycles. The summed E-state index contributed by atoms with van der Waals surface area (Å²) in [5.41, 5.74) is 3.71. The van der Waals surface area contributed by atoms with Crippen molar-refractivity contribution in [3.8, 4) is 5.75 Å². The van der Waals surface area contributed by atoms with Crippen LogP contribution in [-0.4, -0.2) is 29.3 Å². The van der Waals surface area contributed by atoms with Crippen molar-refractivity contribution < 1.29 is 23.4 Å². The van der Waals surface area contributed by atoms with Crippen molar-refractivity contribution in [1.29, 1.82) is 0 Å². The maximum Gasteiger partial charge on any atom is 0.412 e. The highest BCUT2D eigenvalue weighted by molar-refractivity contribution is 5.87. The number of hydrogen-bond donors (Lipinski definition) is 3. The fraction of sp³-hybridized carbons (Fsp3) is 0.533. The van der Waals surface area contributed by atoms with Crippen LogP contribution in [0, 0.1) is 0 Å². The zero-order valence-electron chi connectivity index (χ0n) is 12.7. The van der Waals surface area contributed by atoms with E-state index in [1.807, 2.05) is 0 Å². The molecule has 1 aromatic carbocycles. The highest BCUT2D eigenvalue weighted by atomic mass is 19.3. The van der Waals surface area contributed by atoms with Crippen molar-refractivity contribution in [2.24, 2.45) is 5.73 Å². The van der Waals surface area contributed by atoms with E-state index in [1.165, 1.54) is 18.2 Å². The van der Waals surface area contributed by atoms with Gasteiger partial charge in [-0.1, -0.05) is 6.07 Å². The number of phenolic OH excluding ortho intramolecular Hbond substituents is 1. The molecule has 0 aliphatic heterocycles. The summed E-state index contributed by atoms with van der Waals surface area (Å²) >= 11 is 0. The van der Waals surface area contributed by atoms with Gasteiger partial charge in [-0.2, -0.15) is 0 Å². The number of alkyl halides is 2. The van der Waals surface area contributed by atoms with Crippen LogP contribution in [0.25, 0.3) is 0 Å². The molecule has 0 saturated heterocycles. The number of amides is 1. The van der Waals surface area contributed by atoms with Crippen LogP contribution in [0.15, 0.2) is 18.2 Å². The predicted octanol–water partition coefficient (Wildman–Crippen LogP) is 2.97. The van der Waals surface area contributed by atoms with Gasteiger partial charge in [0, 0.05) is 13.0 Å². The van der Waals surface area contributed by atoms with Crippen molar-refractivity contribution in [1.82, 2.24) is 0 Å². The number of aromatic hydroxyl groups is 1. The van der Waals surface area contributed by atoms with Crippen LogP contribution in [-0.2, 0) is 10.2 Å². The first-order valence-electron chi connectivity index (χ1n) is 6.92. The minimum atomic E-state index is -2.87. The standard InChI is InChI=1S/C15H20F2N2O3/c1-13(2,3)22-12(21)19-10-5-4-9(6-11(10)20)14(8-18)7-15(14,16)17/h4-6,20H,7-8,18H2,1-3H3,(H,19,21). The second kappa shape index (κ2) is 5.08. The number of ether oxygens (including phenoxy) is 1. The van der Waals surface area contributed by atoms with Crippen LogP contribution in [0.4, 0.5) is 19.3 Å². The molecule has 1 aliphatic rings. The van der Waals surface area contributed by atoms with Gasteiger partial charge in [0.05, 0.1) is 11.1 Å². The Morgan fingerprint density at radius 3 is 2.45 bits per heavy atom. The highest BCUT2D eigenvalue weighted by Crippen LogP contribution is 2.61. The van der Waals surface area contributed by atoms with Gasteiger partial charge in [0.1, 0.15) is 11.4 Å². The maximum absolute atomic E-state index is 13.5. The van der Waals surface area contributed by atoms with Crippen LogP contribution in [0.1, 0.15) is 32.8 Å². The van der Waals surface area contributed by atoms with E-state index in [0.29, 0.717) is 0 Å². The molecule has 0 heterocycles. The normalized spacial score (nSPS) is 23.0. The lowest BCUT2D eigenvalue weighted by Gasteiger charge is -2.20. The van der Waals surface area contributed by atoms with Gasteiger partial charge in [-0.3, -0.25) is 5.32 Å². The number of halogens is 2. The van der Waals surface area contributed by atoms with Crippen molar-refractivity contribution in [3.05, 3.63) is 23.8 Å². The minimum absolute atomic E-state index is 0.0918. The number of anilines is 1. The number of nitrogens with two attached hydrogens (primary N) is 1. The molecule has 1 amide bonds. The zero-order chi connectivity index (χ0) is 16.8. The van der Waals surface area contributed by atoms with Gasteiger partial charge in [0.2, 0.25) is 0 Å². The Hall–Kier alpha value is -1.89. The molecule has 0 radical (unpaired) electrons. The Morgan fingerprint density at radius 2 is 2.05 bits per heavy atom. The molecule has 0 spiro atoms. The van der Waals surface area contributed by atoms with Crippen LogP contribution in [0.5, 0.6) is 5.75 Å². The van der Waals surface area contributed by atoms with E-state index in [-0.39, 0.29) is 30.0 Å². The van der Waals surface area contributed by atoms with Gasteiger partial charge in [-0.15, -0.1) is 0 Å². The summed E-state index contributed by atoms with van der Waals surface area (Å²) in [6, 6.07) is 4.00. The molecular formula is C15H20F2N2O3. The fourth-order valence-corrected chi connectivity index (χ4v) is 2.34. The molecule has 122 valence electrons. The van der Waals surface area contributed by atoms with Gasteiger partial charge in [-0.05, 0) is 38.5 Å². The number of carbonyl (C=O) groups excluding carboxylic acids is 1. The Bertz CT molecular complexity index is 599. The van der Waals surface area contributed by atoms with Crippen LogP contribution < -0.4 is 11.1 Å². The van der Waals surface area contributed by atoms with Gasteiger partial charge in [0.25, 0.3) is 5.92 Å². The molecule has 1 fully saturated rings. The molecular weight excluding hydrogens is 294 g/mol. The molecule has 5 nitrogen and oxygen atoms in total. The van der Waals surface area contributed by atoms with Gasteiger partial charge in [0.15, 0.2) is 0 Å². The van der Waals surface area contributed by atoms with Crippen LogP contribution in [0.3, 0.4) is 0 Å². The summed E-state index contributed by atoms with van der Waals surface area (Å²) in [4.78, 5) is 11.6. The van der Waals surface area contributed by atoms with E-state index < -0.39 is 23.0 Å². The Kier molecular flexibility index (Phi) is 3.81. The van der Waals surface area contributed by atoms with Gasteiger partial charge in [-0.25, -0.2) is 13.6 Å². The third-order valence-electron chi connectivity index (χ3n) is 3.63. The van der Waals surface area contributed by atoms with Crippen molar-refractivity contribution in [2.75, 3.05) is 11.9 Å². The predicted molar refractivity (Wildman–Crippen MR) is 78.3 cm³/mol. The molecule has 1 aliphatic carbocycles. The van der Waals surface area contributed by atoms with Crippen molar-refractivity contribution >= 4 is 11.8 Å². The van der Waals surface area contributed by atoms with E-state index in [1.54, 1.807) is 20.8 Å². The molecule has 4 N–H and O–H groups in total. The summed E-state index contributed by atoms with van der Waals surface area (Å²) in [5, 5.41) is 12.3. The van der Waals surface area contributed by atoms with Gasteiger partial charge < -0.3 is 15.6 Å². The van der Waals surface area contributed by atoms with Crippen molar-refractivity contribution in [3.63, 3.8) is 0 Å². The molecule has 1 aromatic rings. The fourth-order valence-electron chi connectivity index (χ4n) is 2.34. The number of benzene rings is 1. The monoisotopic (exact) mass is 314 g/mol. The molecule has 22 heavy (non-hydrogen) atoms. The largest absolute Gasteiger partial charge is 0.506 e. The Morgan fingerprint density at radius 1 is 1.45 bits per heavy atom. The molecule has 0 bridgehead atoms. The van der Waals surface area contributed by atoms with Crippen LogP contribution in [0.2, 0.25) is 0 Å². The molecule has 1 atom stereocenters. The smallest absolute Gasteiger partial charge is 0.412 e. The molecule has 2 rings (SSSR count). The third-order valence-corrected chi connectivity index (χ3v) is 3.63. The minimum Gasteiger partial charge on any atom is -0.506 e. The van der Waals surface area contributed by atoms with E-state index in [9.17, 15) is 18.7 Å². The average Bonchev–Trinajstić information content (AvgIpc) is 2.93. The first-order valence-corrected chi connectivity index (χ1v) is 6.92. The summed E-state index contributed by atoms with van der Waals surface area (Å²) in [6.07, 6.45) is -1.07. The first-order chi connectivity index (χ1) is 10.0. The maximum atomic E-state index is 13.5. The summed E-state index contributed by atoms with van der Waals surface area (Å²) in [6.45, 7) is 4.90. The van der Waals surface area contributed by atoms with Crippen LogP contribution >= 0.6 is 0 Å². The van der Waals surface area contributed by atoms with E-state index in [0.717, 1.165) is 0 Å². The number of hydrogen-bond acceptors (Lipinski definition) is 4. The van der Waals surface area contributed by atoms with E-state index >= 15 is 0 Å². The lowest BCUT2D eigenvalue weighted by atomic mass is 9.95. The average molecular weight is 314 g/mol. The second-order valence-electron chi connectivity index (χ2n) is 6.53. The second-order valence-corrected chi connectivity index (χ2v) is 6.53. The van der Waals surface area contributed by atoms with E-state index in [4.69, 9.17) is 10.5 Å². The lowest BCUT2D eigenvalue weighted by molar-refractivity contribution is 0.0635. The number of nitrogens with one attached hydrogen (secondary N) is 1. The molecule has 1 unspecified atom stereocenters. The molecule has 0 aromatic heterocycles. The van der Waals surface area contributed by atoms with Gasteiger partial charge >= 0.3 is 6.09 Å². The zero-order valence-corrected chi connectivity index (χ0v) is 12.7. The quantitative estimate of drug-likeness (QED) is 0.749. The summed E-state index contributed by atoms with van der Waals surface area (Å²) in [7, 11) is 0. The highest BCUT2D eigenvalue weighted by Gasteiger charge is 2.71. The third kappa shape index (κ3) is 2.99.